The molecule has 0 bridgehead atoms. The van der Waals surface area contributed by atoms with Crippen LogP contribution in [0.4, 0.5) is 18.0 Å². The number of fused-ring (bicyclic) bond motifs is 2. The van der Waals surface area contributed by atoms with Crippen molar-refractivity contribution in [2.75, 3.05) is 13.1 Å². The topological polar surface area (TPSA) is 90.7 Å². The van der Waals surface area contributed by atoms with Gasteiger partial charge in [0.2, 0.25) is 0 Å². The van der Waals surface area contributed by atoms with Gasteiger partial charge in [0, 0.05) is 36.8 Å². The minimum absolute atomic E-state index is 0.380. The first-order valence-corrected chi connectivity index (χ1v) is 10.2. The standard InChI is InChI=1S/C16H22F3N3O5S/c1-14(2,3)26-13(23)21-7-4-15(5-8-21)6-9-22-11(15)10-12(20-22)27-28(24,25)16(17,18)19/h10H,4-9H2,1-3H3. The van der Waals surface area contributed by atoms with Crippen molar-refractivity contribution in [1.82, 2.24) is 14.7 Å². The lowest BCUT2D eigenvalue weighted by Gasteiger charge is -2.39. The number of carbonyl (C=O) groups excluding carboxylic acids is 1. The predicted molar refractivity (Wildman–Crippen MR) is 91.2 cm³/mol. The summed E-state index contributed by atoms with van der Waals surface area (Å²) in [6, 6.07) is 1.25. The van der Waals surface area contributed by atoms with E-state index in [0.717, 1.165) is 0 Å². The summed E-state index contributed by atoms with van der Waals surface area (Å²) in [5, 5.41) is 3.85. The Balaban J connectivity index is 1.72. The van der Waals surface area contributed by atoms with Crippen LogP contribution in [0.2, 0.25) is 0 Å². The molecule has 0 radical (unpaired) electrons. The lowest BCUT2D eigenvalue weighted by Crippen LogP contribution is -2.46. The highest BCUT2D eigenvalue weighted by atomic mass is 32.2. The van der Waals surface area contributed by atoms with Gasteiger partial charge in [0.05, 0.1) is 0 Å². The molecular formula is C16H22F3N3O5S. The van der Waals surface area contributed by atoms with Crippen LogP contribution in [-0.4, -0.2) is 53.4 Å². The van der Waals surface area contributed by atoms with E-state index in [9.17, 15) is 26.4 Å². The third-order valence-electron chi connectivity index (χ3n) is 4.95. The summed E-state index contributed by atoms with van der Waals surface area (Å²) < 4.78 is 70.9. The third kappa shape index (κ3) is 3.91. The first-order chi connectivity index (χ1) is 12.7. The molecule has 1 saturated heterocycles. The highest BCUT2D eigenvalue weighted by Gasteiger charge is 2.50. The third-order valence-corrected chi connectivity index (χ3v) is 5.91. The van der Waals surface area contributed by atoms with Crippen LogP contribution in [0.3, 0.4) is 0 Å². The second kappa shape index (κ2) is 6.53. The van der Waals surface area contributed by atoms with Crippen LogP contribution in [0.15, 0.2) is 6.07 Å². The molecule has 3 rings (SSSR count). The van der Waals surface area contributed by atoms with Crippen LogP contribution in [0.25, 0.3) is 0 Å². The number of hydrogen-bond donors (Lipinski definition) is 0. The molecule has 2 aliphatic heterocycles. The molecule has 1 amide bonds. The summed E-state index contributed by atoms with van der Waals surface area (Å²) in [6.07, 6.45) is 1.45. The lowest BCUT2D eigenvalue weighted by molar-refractivity contribution is -0.0501. The number of aryl methyl sites for hydroxylation is 1. The van der Waals surface area contributed by atoms with E-state index in [-0.39, 0.29) is 5.41 Å². The molecule has 0 saturated carbocycles. The quantitative estimate of drug-likeness (QED) is 0.535. The Morgan fingerprint density at radius 3 is 2.25 bits per heavy atom. The SMILES string of the molecule is CC(C)(C)OC(=O)N1CCC2(CC1)CCn1nc(OS(=O)(=O)C(F)(F)F)cc12. The van der Waals surface area contributed by atoms with Crippen LogP contribution in [0.1, 0.15) is 45.7 Å². The first-order valence-electron chi connectivity index (χ1n) is 8.80. The molecule has 1 spiro atoms. The highest BCUT2D eigenvalue weighted by Crippen LogP contribution is 2.45. The van der Waals surface area contributed by atoms with Crippen LogP contribution < -0.4 is 4.18 Å². The first kappa shape index (κ1) is 20.7. The van der Waals surface area contributed by atoms with Crippen molar-refractivity contribution in [2.45, 2.75) is 63.1 Å². The number of halogens is 3. The van der Waals surface area contributed by atoms with Crippen LogP contribution in [0, 0.1) is 0 Å². The Bertz CT molecular complexity index is 865. The number of rotatable bonds is 2. The van der Waals surface area contributed by atoms with Crippen LogP contribution in [0.5, 0.6) is 5.88 Å². The number of ether oxygens (including phenoxy) is 1. The van der Waals surface area contributed by atoms with Gasteiger partial charge in [0.25, 0.3) is 5.88 Å². The van der Waals surface area contributed by atoms with E-state index in [1.165, 1.54) is 10.7 Å². The highest BCUT2D eigenvalue weighted by molar-refractivity contribution is 7.87. The molecule has 0 unspecified atom stereocenters. The molecule has 3 heterocycles. The van der Waals surface area contributed by atoms with Crippen molar-refractivity contribution >= 4 is 16.2 Å². The van der Waals surface area contributed by atoms with Crippen LogP contribution in [-0.2, 0) is 26.8 Å². The summed E-state index contributed by atoms with van der Waals surface area (Å²) in [5.74, 6) is -0.596. The molecule has 1 aromatic rings. The Hall–Kier alpha value is -1.98. The number of amides is 1. The summed E-state index contributed by atoms with van der Waals surface area (Å²) in [6.45, 7) is 6.64. The number of hydrogen-bond acceptors (Lipinski definition) is 6. The second-order valence-corrected chi connectivity index (χ2v) is 9.61. The molecule has 1 aromatic heterocycles. The van der Waals surface area contributed by atoms with Gasteiger partial charge in [-0.05, 0) is 40.0 Å². The molecule has 28 heavy (non-hydrogen) atoms. The van der Waals surface area contributed by atoms with Gasteiger partial charge in [-0.3, -0.25) is 4.68 Å². The molecule has 0 aliphatic carbocycles. The van der Waals surface area contributed by atoms with Crippen molar-refractivity contribution in [1.29, 1.82) is 0 Å². The van der Waals surface area contributed by atoms with Gasteiger partial charge in [0.1, 0.15) is 5.60 Å². The fourth-order valence-electron chi connectivity index (χ4n) is 3.59. The summed E-state index contributed by atoms with van der Waals surface area (Å²) >= 11 is 0. The number of carbonyl (C=O) groups is 1. The van der Waals surface area contributed by atoms with E-state index in [4.69, 9.17) is 4.74 Å². The van der Waals surface area contributed by atoms with E-state index in [2.05, 4.69) is 9.28 Å². The minimum atomic E-state index is -5.76. The number of aromatic nitrogens is 2. The zero-order valence-corrected chi connectivity index (χ0v) is 16.6. The van der Waals surface area contributed by atoms with Gasteiger partial charge in [-0.15, -0.1) is 5.10 Å². The summed E-state index contributed by atoms with van der Waals surface area (Å²) in [7, 11) is -5.76. The molecular weight excluding hydrogens is 403 g/mol. The molecule has 12 heteroatoms. The largest absolute Gasteiger partial charge is 0.534 e. The maximum Gasteiger partial charge on any atom is 0.534 e. The number of alkyl halides is 3. The molecule has 0 atom stereocenters. The Morgan fingerprint density at radius 2 is 1.71 bits per heavy atom. The zero-order valence-electron chi connectivity index (χ0n) is 15.7. The average molecular weight is 425 g/mol. The summed E-state index contributed by atoms with van der Waals surface area (Å²) in [5.41, 5.74) is -5.87. The lowest BCUT2D eigenvalue weighted by atomic mass is 9.75. The van der Waals surface area contributed by atoms with Crippen LogP contribution >= 0.6 is 0 Å². The van der Waals surface area contributed by atoms with Gasteiger partial charge in [-0.1, -0.05) is 0 Å². The van der Waals surface area contributed by atoms with Crippen molar-refractivity contribution in [3.8, 4) is 5.88 Å². The number of likely N-dealkylation sites (tertiary alicyclic amines) is 1. The number of piperidine rings is 1. The molecule has 0 aromatic carbocycles. The van der Waals surface area contributed by atoms with Gasteiger partial charge in [-0.2, -0.15) is 21.6 Å². The maximum absolute atomic E-state index is 12.5. The Labute approximate surface area is 160 Å². The minimum Gasteiger partial charge on any atom is -0.444 e. The fourth-order valence-corrected chi connectivity index (χ4v) is 3.99. The molecule has 158 valence electrons. The predicted octanol–water partition coefficient (Wildman–Crippen LogP) is 2.78. The van der Waals surface area contributed by atoms with Crippen molar-refractivity contribution in [3.63, 3.8) is 0 Å². The maximum atomic E-state index is 12.5. The van der Waals surface area contributed by atoms with Gasteiger partial charge < -0.3 is 13.8 Å². The molecule has 2 aliphatic rings. The van der Waals surface area contributed by atoms with Crippen molar-refractivity contribution in [3.05, 3.63) is 11.8 Å². The average Bonchev–Trinajstić information content (AvgIpc) is 3.05. The monoisotopic (exact) mass is 425 g/mol. The van der Waals surface area contributed by atoms with Gasteiger partial charge in [0.15, 0.2) is 0 Å². The van der Waals surface area contributed by atoms with E-state index >= 15 is 0 Å². The molecule has 0 N–H and O–H groups in total. The second-order valence-electron chi connectivity index (χ2n) is 8.07. The normalized spacial score (nSPS) is 19.6. The smallest absolute Gasteiger partial charge is 0.444 e. The van der Waals surface area contributed by atoms with E-state index in [1.807, 2.05) is 0 Å². The van der Waals surface area contributed by atoms with E-state index in [1.54, 1.807) is 25.7 Å². The number of nitrogens with zero attached hydrogens (tertiary/aromatic N) is 3. The Morgan fingerprint density at radius 1 is 1.14 bits per heavy atom. The van der Waals surface area contributed by atoms with E-state index < -0.39 is 33.2 Å². The molecule has 8 nitrogen and oxygen atoms in total. The summed E-state index contributed by atoms with van der Waals surface area (Å²) in [4.78, 5) is 13.8. The Kier molecular flexibility index (Phi) is 4.84. The fraction of sp³-hybridized carbons (Fsp3) is 0.750. The molecule has 1 fully saturated rings. The van der Waals surface area contributed by atoms with Gasteiger partial charge in [-0.25, -0.2) is 4.79 Å². The van der Waals surface area contributed by atoms with Crippen molar-refractivity contribution < 1.29 is 35.3 Å². The van der Waals surface area contributed by atoms with E-state index in [0.29, 0.717) is 44.6 Å². The van der Waals surface area contributed by atoms with Gasteiger partial charge >= 0.3 is 21.7 Å². The zero-order chi connectivity index (χ0) is 21.0. The van der Waals surface area contributed by atoms with Crippen molar-refractivity contribution in [2.24, 2.45) is 0 Å².